The molecule has 8 heteroatoms. The summed E-state index contributed by atoms with van der Waals surface area (Å²) in [5.41, 5.74) is 0. The van der Waals surface area contributed by atoms with Crippen LogP contribution in [0.25, 0.3) is 0 Å². The quantitative estimate of drug-likeness (QED) is 0.375. The van der Waals surface area contributed by atoms with Crippen molar-refractivity contribution in [3.63, 3.8) is 0 Å². The van der Waals surface area contributed by atoms with E-state index in [1.165, 1.54) is 0 Å². The van der Waals surface area contributed by atoms with Crippen molar-refractivity contribution in [1.29, 1.82) is 0 Å². The van der Waals surface area contributed by atoms with Gasteiger partial charge >= 0.3 is 103 Å². The fourth-order valence-electron chi connectivity index (χ4n) is 0.153. The van der Waals surface area contributed by atoms with Crippen molar-refractivity contribution in [1.82, 2.24) is 0 Å². The molecule has 0 aromatic carbocycles. The van der Waals surface area contributed by atoms with Crippen LogP contribution in [0.2, 0.25) is 0 Å². The Morgan fingerprint density at radius 3 is 1.90 bits per heavy atom. The van der Waals surface area contributed by atoms with E-state index in [9.17, 15) is 14.4 Å². The molecule has 0 amide bonds. The zero-order valence-electron chi connectivity index (χ0n) is 5.94. The molecule has 0 aromatic rings. The Morgan fingerprint density at radius 2 is 1.80 bits per heavy atom. The number of hydrogen-bond donors (Lipinski definition) is 1. The molecule has 0 spiro atoms. The zero-order valence-corrected chi connectivity index (χ0v) is 13.1. The van der Waals surface area contributed by atoms with Gasteiger partial charge in [-0.1, -0.05) is 0 Å². The van der Waals surface area contributed by atoms with Gasteiger partial charge in [0, 0.05) is 0 Å². The topological polar surface area (TPSA) is 92.7 Å². The van der Waals surface area contributed by atoms with E-state index in [0.29, 0.717) is 0 Å². The Hall–Kier alpha value is 3.34. The Morgan fingerprint density at radius 1 is 1.40 bits per heavy atom. The molecule has 0 aliphatic rings. The Balaban J connectivity index is -0.000000245. The van der Waals surface area contributed by atoms with Crippen LogP contribution in [-0.2, 0) is 9.09 Å². The normalized spacial score (nSPS) is 9.50. The average molecular weight is 218 g/mol. The third-order valence-electron chi connectivity index (χ3n) is 0.341. The Labute approximate surface area is 144 Å². The SMILES string of the molecule is O=P([O-])([O-])OCCO.[K+].[K+]. The zero-order chi connectivity index (χ0) is 6.62. The summed E-state index contributed by atoms with van der Waals surface area (Å²) in [7, 11) is -4.84. The molecular weight excluding hydrogens is 213 g/mol. The fourth-order valence-corrected chi connectivity index (χ4v) is 0.458. The van der Waals surface area contributed by atoms with Crippen LogP contribution < -0.4 is 113 Å². The van der Waals surface area contributed by atoms with Crippen molar-refractivity contribution < 1.29 is 127 Å². The maximum Gasteiger partial charge on any atom is 1.00 e. The summed E-state index contributed by atoms with van der Waals surface area (Å²) in [6.45, 7) is -0.918. The molecule has 0 saturated heterocycles. The molecule has 0 unspecified atom stereocenters. The predicted octanol–water partition coefficient (Wildman–Crippen LogP) is -8.17. The first kappa shape index (κ1) is 19.0. The number of aliphatic hydroxyl groups excluding tert-OH is 1. The number of phosphoric acid groups is 1. The van der Waals surface area contributed by atoms with Gasteiger partial charge in [-0.15, -0.1) is 0 Å². The van der Waals surface area contributed by atoms with E-state index in [0.717, 1.165) is 0 Å². The van der Waals surface area contributed by atoms with Crippen LogP contribution >= 0.6 is 7.82 Å². The summed E-state index contributed by atoms with van der Waals surface area (Å²) in [5.74, 6) is 0. The third kappa shape index (κ3) is 17.4. The van der Waals surface area contributed by atoms with Crippen LogP contribution in [-0.4, -0.2) is 18.3 Å². The standard InChI is InChI=1S/C2H7O5P.2K/c3-1-2-7-8(4,5)6;;/h3H,1-2H2,(H2,4,5,6);;/q;2*+1/p-2. The molecule has 0 radical (unpaired) electrons. The molecule has 1 N–H and O–H groups in total. The largest absolute Gasteiger partial charge is 1.00 e. The summed E-state index contributed by atoms with van der Waals surface area (Å²) >= 11 is 0. The summed E-state index contributed by atoms with van der Waals surface area (Å²) in [5, 5.41) is 7.91. The van der Waals surface area contributed by atoms with Gasteiger partial charge in [0.1, 0.15) is 0 Å². The van der Waals surface area contributed by atoms with E-state index in [2.05, 4.69) is 4.52 Å². The second kappa shape index (κ2) is 10.4. The monoisotopic (exact) mass is 218 g/mol. The van der Waals surface area contributed by atoms with Gasteiger partial charge in [-0.05, 0) is 0 Å². The maximum absolute atomic E-state index is 9.53. The predicted molar refractivity (Wildman–Crippen MR) is 20.6 cm³/mol. The van der Waals surface area contributed by atoms with Gasteiger partial charge in [0.15, 0.2) is 0 Å². The molecule has 50 valence electrons. The van der Waals surface area contributed by atoms with Crippen LogP contribution in [0.3, 0.4) is 0 Å². The van der Waals surface area contributed by atoms with Crippen molar-refractivity contribution in [3.05, 3.63) is 0 Å². The van der Waals surface area contributed by atoms with Gasteiger partial charge < -0.3 is 24.0 Å². The summed E-state index contributed by atoms with van der Waals surface area (Å²) in [6, 6.07) is 0. The molecule has 0 atom stereocenters. The molecule has 0 bridgehead atoms. The van der Waals surface area contributed by atoms with Crippen LogP contribution in [0.5, 0.6) is 0 Å². The van der Waals surface area contributed by atoms with Gasteiger partial charge in [0.05, 0.1) is 21.0 Å². The smallest absolute Gasteiger partial charge is 0.790 e. The van der Waals surface area contributed by atoms with E-state index in [4.69, 9.17) is 5.11 Å². The molecule has 10 heavy (non-hydrogen) atoms. The van der Waals surface area contributed by atoms with Gasteiger partial charge in [-0.25, -0.2) is 0 Å². The van der Waals surface area contributed by atoms with E-state index < -0.39 is 21.0 Å². The van der Waals surface area contributed by atoms with E-state index in [-0.39, 0.29) is 103 Å². The summed E-state index contributed by atoms with van der Waals surface area (Å²) in [4.78, 5) is 19.1. The Kier molecular flexibility index (Phi) is 19.8. The third-order valence-corrected chi connectivity index (χ3v) is 0.839. The first-order valence-corrected chi connectivity index (χ1v) is 3.30. The van der Waals surface area contributed by atoms with Crippen LogP contribution in [0, 0.1) is 0 Å². The molecule has 0 aromatic heterocycles. The van der Waals surface area contributed by atoms with E-state index in [1.807, 2.05) is 0 Å². The van der Waals surface area contributed by atoms with Crippen molar-refractivity contribution >= 4 is 7.82 Å². The van der Waals surface area contributed by atoms with Crippen molar-refractivity contribution in [3.8, 4) is 0 Å². The van der Waals surface area contributed by atoms with Crippen LogP contribution in [0.1, 0.15) is 0 Å². The fraction of sp³-hybridized carbons (Fsp3) is 1.00. The molecule has 0 saturated carbocycles. The number of rotatable bonds is 3. The van der Waals surface area contributed by atoms with Gasteiger partial charge in [-0.3, -0.25) is 0 Å². The second-order valence-electron chi connectivity index (χ2n) is 1.00. The summed E-state index contributed by atoms with van der Waals surface area (Å²) in [6.07, 6.45) is 0. The van der Waals surface area contributed by atoms with Crippen molar-refractivity contribution in [2.45, 2.75) is 0 Å². The van der Waals surface area contributed by atoms with Crippen LogP contribution in [0.15, 0.2) is 0 Å². The molecule has 0 heterocycles. The Bertz CT molecular complexity index is 102. The molecule has 0 aliphatic heterocycles. The van der Waals surface area contributed by atoms with Gasteiger partial charge in [0.2, 0.25) is 0 Å². The second-order valence-corrected chi connectivity index (χ2v) is 2.16. The van der Waals surface area contributed by atoms with Crippen molar-refractivity contribution in [2.75, 3.05) is 13.2 Å². The number of aliphatic hydroxyl groups is 1. The molecule has 5 nitrogen and oxygen atoms in total. The minimum atomic E-state index is -4.84. The number of phosphoric ester groups is 1. The van der Waals surface area contributed by atoms with E-state index in [1.54, 1.807) is 0 Å². The molecule has 0 rings (SSSR count). The molecule has 0 aliphatic carbocycles. The van der Waals surface area contributed by atoms with Crippen molar-refractivity contribution in [2.24, 2.45) is 0 Å². The summed E-state index contributed by atoms with van der Waals surface area (Å²) < 4.78 is 13.1. The minimum absolute atomic E-state index is 0. The van der Waals surface area contributed by atoms with E-state index >= 15 is 0 Å². The van der Waals surface area contributed by atoms with Crippen LogP contribution in [0.4, 0.5) is 0 Å². The van der Waals surface area contributed by atoms with Gasteiger partial charge in [0.25, 0.3) is 0 Å². The molecule has 0 fully saturated rings. The number of hydrogen-bond acceptors (Lipinski definition) is 5. The average Bonchev–Trinajstić information content (AvgIpc) is 1.59. The van der Waals surface area contributed by atoms with Gasteiger partial charge in [-0.2, -0.15) is 0 Å². The molecular formula is C2H5K2O5P. The minimum Gasteiger partial charge on any atom is -0.790 e. The first-order valence-electron chi connectivity index (χ1n) is 1.84. The maximum atomic E-state index is 9.53. The first-order chi connectivity index (χ1) is 3.56.